The number of ether oxygens (including phenoxy) is 1. The van der Waals surface area contributed by atoms with Gasteiger partial charge in [-0.15, -0.1) is 0 Å². The third kappa shape index (κ3) is 3.05. The molecule has 1 N–H and O–H groups in total. The molecular weight excluding hydrogens is 180 g/mol. The SMILES string of the molecule is CCOC(=O)CNc1ncccc1C. The molecule has 0 fully saturated rings. The number of anilines is 1. The van der Waals surface area contributed by atoms with Crippen molar-refractivity contribution in [3.63, 3.8) is 0 Å². The number of carbonyl (C=O) groups is 1. The Bertz CT molecular complexity index is 313. The Morgan fingerprint density at radius 3 is 3.07 bits per heavy atom. The second kappa shape index (κ2) is 5.21. The maximum Gasteiger partial charge on any atom is 0.325 e. The molecule has 0 unspecified atom stereocenters. The number of pyridine rings is 1. The number of rotatable bonds is 4. The van der Waals surface area contributed by atoms with E-state index in [1.54, 1.807) is 13.1 Å². The van der Waals surface area contributed by atoms with Gasteiger partial charge in [0.05, 0.1) is 6.61 Å². The van der Waals surface area contributed by atoms with Crippen LogP contribution in [0.25, 0.3) is 0 Å². The van der Waals surface area contributed by atoms with E-state index in [4.69, 9.17) is 4.74 Å². The van der Waals surface area contributed by atoms with E-state index in [2.05, 4.69) is 10.3 Å². The van der Waals surface area contributed by atoms with Crippen LogP contribution in [0.1, 0.15) is 12.5 Å². The zero-order chi connectivity index (χ0) is 10.4. The second-order valence-electron chi connectivity index (χ2n) is 2.83. The maximum atomic E-state index is 11.0. The van der Waals surface area contributed by atoms with Gasteiger partial charge in [0, 0.05) is 6.20 Å². The molecule has 4 heteroatoms. The molecule has 0 amide bonds. The van der Waals surface area contributed by atoms with Crippen LogP contribution in [-0.4, -0.2) is 24.1 Å². The van der Waals surface area contributed by atoms with Crippen LogP contribution in [0.3, 0.4) is 0 Å². The van der Waals surface area contributed by atoms with E-state index in [1.165, 1.54) is 0 Å². The summed E-state index contributed by atoms with van der Waals surface area (Å²) in [5.74, 6) is 0.457. The molecule has 1 heterocycles. The lowest BCUT2D eigenvalue weighted by molar-refractivity contribution is -0.140. The fourth-order valence-electron chi connectivity index (χ4n) is 1.04. The van der Waals surface area contributed by atoms with Gasteiger partial charge in [0.2, 0.25) is 0 Å². The van der Waals surface area contributed by atoms with Crippen LogP contribution in [-0.2, 0) is 9.53 Å². The highest BCUT2D eigenvalue weighted by Crippen LogP contribution is 2.08. The molecule has 0 bridgehead atoms. The lowest BCUT2D eigenvalue weighted by Gasteiger charge is -2.06. The second-order valence-corrected chi connectivity index (χ2v) is 2.83. The van der Waals surface area contributed by atoms with Crippen LogP contribution in [0.15, 0.2) is 18.3 Å². The monoisotopic (exact) mass is 194 g/mol. The predicted octanol–water partition coefficient (Wildman–Crippen LogP) is 1.37. The van der Waals surface area contributed by atoms with Gasteiger partial charge in [-0.2, -0.15) is 0 Å². The van der Waals surface area contributed by atoms with E-state index in [0.29, 0.717) is 6.61 Å². The minimum absolute atomic E-state index is 0.158. The van der Waals surface area contributed by atoms with E-state index in [0.717, 1.165) is 11.4 Å². The molecule has 0 aliphatic rings. The zero-order valence-corrected chi connectivity index (χ0v) is 8.41. The maximum absolute atomic E-state index is 11.0. The molecule has 0 aliphatic carbocycles. The smallest absolute Gasteiger partial charge is 0.325 e. The lowest BCUT2D eigenvalue weighted by Crippen LogP contribution is -2.17. The number of nitrogens with one attached hydrogen (secondary N) is 1. The van der Waals surface area contributed by atoms with Crippen molar-refractivity contribution in [3.8, 4) is 0 Å². The molecule has 0 saturated carbocycles. The molecule has 0 saturated heterocycles. The first-order valence-electron chi connectivity index (χ1n) is 4.55. The van der Waals surface area contributed by atoms with Gasteiger partial charge in [-0.1, -0.05) is 6.07 Å². The van der Waals surface area contributed by atoms with E-state index in [1.807, 2.05) is 19.1 Å². The summed E-state index contributed by atoms with van der Waals surface area (Å²) >= 11 is 0. The van der Waals surface area contributed by atoms with Crippen LogP contribution in [0.5, 0.6) is 0 Å². The summed E-state index contributed by atoms with van der Waals surface area (Å²) in [6, 6.07) is 3.78. The third-order valence-electron chi connectivity index (χ3n) is 1.71. The average Bonchev–Trinajstić information content (AvgIpc) is 2.17. The molecule has 0 aliphatic heterocycles. The van der Waals surface area contributed by atoms with Crippen molar-refractivity contribution in [2.24, 2.45) is 0 Å². The van der Waals surface area contributed by atoms with Gasteiger partial charge < -0.3 is 10.1 Å². The summed E-state index contributed by atoms with van der Waals surface area (Å²) < 4.78 is 4.77. The summed E-state index contributed by atoms with van der Waals surface area (Å²) in [6.45, 7) is 4.28. The molecule has 0 spiro atoms. The topological polar surface area (TPSA) is 51.2 Å². The lowest BCUT2D eigenvalue weighted by atomic mass is 10.3. The number of nitrogens with zero attached hydrogens (tertiary/aromatic N) is 1. The summed E-state index contributed by atoms with van der Waals surface area (Å²) in [6.07, 6.45) is 1.68. The van der Waals surface area contributed by atoms with Crippen LogP contribution in [0, 0.1) is 6.92 Å². The van der Waals surface area contributed by atoms with Crippen molar-refractivity contribution in [2.75, 3.05) is 18.5 Å². The van der Waals surface area contributed by atoms with Crippen molar-refractivity contribution in [3.05, 3.63) is 23.9 Å². The van der Waals surface area contributed by atoms with Crippen molar-refractivity contribution in [1.82, 2.24) is 4.98 Å². The Kier molecular flexibility index (Phi) is 3.91. The molecule has 0 radical (unpaired) electrons. The zero-order valence-electron chi connectivity index (χ0n) is 8.41. The first kappa shape index (κ1) is 10.5. The number of hydrogen-bond donors (Lipinski definition) is 1. The normalized spacial score (nSPS) is 9.57. The molecule has 1 aromatic rings. The Balaban J connectivity index is 2.46. The Hall–Kier alpha value is -1.58. The van der Waals surface area contributed by atoms with Gasteiger partial charge in [-0.05, 0) is 25.5 Å². The summed E-state index contributed by atoms with van der Waals surface area (Å²) in [5.41, 5.74) is 1.01. The van der Waals surface area contributed by atoms with Crippen molar-refractivity contribution in [2.45, 2.75) is 13.8 Å². The Labute approximate surface area is 83.3 Å². The van der Waals surface area contributed by atoms with E-state index >= 15 is 0 Å². The first-order chi connectivity index (χ1) is 6.74. The Morgan fingerprint density at radius 1 is 1.64 bits per heavy atom. The summed E-state index contributed by atoms with van der Waals surface area (Å²) in [5, 5.41) is 2.91. The van der Waals surface area contributed by atoms with Crippen LogP contribution < -0.4 is 5.32 Å². The fraction of sp³-hybridized carbons (Fsp3) is 0.400. The number of aromatic nitrogens is 1. The minimum Gasteiger partial charge on any atom is -0.465 e. The van der Waals surface area contributed by atoms with Crippen LogP contribution in [0.4, 0.5) is 5.82 Å². The molecule has 0 aromatic carbocycles. The molecule has 1 rings (SSSR count). The Morgan fingerprint density at radius 2 is 2.43 bits per heavy atom. The van der Waals surface area contributed by atoms with Gasteiger partial charge in [0.25, 0.3) is 0 Å². The number of carbonyl (C=O) groups excluding carboxylic acids is 1. The van der Waals surface area contributed by atoms with Crippen molar-refractivity contribution < 1.29 is 9.53 Å². The highest BCUT2D eigenvalue weighted by molar-refractivity contribution is 5.74. The van der Waals surface area contributed by atoms with Crippen LogP contribution in [0.2, 0.25) is 0 Å². The van der Waals surface area contributed by atoms with Crippen molar-refractivity contribution >= 4 is 11.8 Å². The van der Waals surface area contributed by atoms with E-state index < -0.39 is 0 Å². The summed E-state index contributed by atoms with van der Waals surface area (Å²) in [7, 11) is 0. The summed E-state index contributed by atoms with van der Waals surface area (Å²) in [4.78, 5) is 15.1. The van der Waals surface area contributed by atoms with Gasteiger partial charge in [0.15, 0.2) is 0 Å². The molecule has 4 nitrogen and oxygen atoms in total. The third-order valence-corrected chi connectivity index (χ3v) is 1.71. The molecule has 76 valence electrons. The first-order valence-corrected chi connectivity index (χ1v) is 4.55. The average molecular weight is 194 g/mol. The van der Waals surface area contributed by atoms with Gasteiger partial charge in [0.1, 0.15) is 12.4 Å². The molecule has 14 heavy (non-hydrogen) atoms. The van der Waals surface area contributed by atoms with Crippen LogP contribution >= 0.6 is 0 Å². The van der Waals surface area contributed by atoms with E-state index in [9.17, 15) is 4.79 Å². The number of hydrogen-bond acceptors (Lipinski definition) is 4. The quantitative estimate of drug-likeness (QED) is 0.735. The highest BCUT2D eigenvalue weighted by Gasteiger charge is 2.02. The fourth-order valence-corrected chi connectivity index (χ4v) is 1.04. The highest BCUT2D eigenvalue weighted by atomic mass is 16.5. The van der Waals surface area contributed by atoms with Gasteiger partial charge >= 0.3 is 5.97 Å². The standard InChI is InChI=1S/C10H14N2O2/c1-3-14-9(13)7-12-10-8(2)5-4-6-11-10/h4-6H,3,7H2,1-2H3,(H,11,12). The van der Waals surface area contributed by atoms with Gasteiger partial charge in [-0.25, -0.2) is 4.98 Å². The molecule has 0 atom stereocenters. The number of aryl methyl sites for hydroxylation is 1. The van der Waals surface area contributed by atoms with Gasteiger partial charge in [-0.3, -0.25) is 4.79 Å². The van der Waals surface area contributed by atoms with E-state index in [-0.39, 0.29) is 12.5 Å². The minimum atomic E-state index is -0.266. The largest absolute Gasteiger partial charge is 0.465 e. The van der Waals surface area contributed by atoms with Crippen molar-refractivity contribution in [1.29, 1.82) is 0 Å². The molecular formula is C10H14N2O2. The number of esters is 1. The predicted molar refractivity (Wildman–Crippen MR) is 54.1 cm³/mol. The molecule has 1 aromatic heterocycles.